The Morgan fingerprint density at radius 1 is 1.32 bits per heavy atom. The van der Waals surface area contributed by atoms with Crippen LogP contribution in [0.25, 0.3) is 0 Å². The number of nitrogen functional groups attached to an aromatic ring is 1. The highest BCUT2D eigenvalue weighted by molar-refractivity contribution is 7.89. The number of aromatic nitrogens is 2. The van der Waals surface area contributed by atoms with Crippen molar-refractivity contribution in [3.8, 4) is 0 Å². The number of benzene rings is 1. The molecule has 2 aromatic rings. The molecular weight excluding hydrogens is 278 g/mol. The van der Waals surface area contributed by atoms with Crippen LogP contribution < -0.4 is 10.5 Å². The monoisotopic (exact) mass is 288 g/mol. The van der Waals surface area contributed by atoms with E-state index in [1.165, 1.54) is 6.20 Å². The van der Waals surface area contributed by atoms with Crippen LogP contribution in [0.5, 0.6) is 0 Å². The first-order valence-corrected chi connectivity index (χ1v) is 6.61. The molecule has 1 aromatic carbocycles. The van der Waals surface area contributed by atoms with E-state index in [1.54, 1.807) is 6.07 Å². The van der Waals surface area contributed by atoms with Crippen molar-refractivity contribution in [1.29, 1.82) is 0 Å². The second kappa shape index (κ2) is 4.94. The van der Waals surface area contributed by atoms with E-state index in [0.717, 1.165) is 12.1 Å². The lowest BCUT2D eigenvalue weighted by molar-refractivity contribution is 0.547. The predicted octanol–water partition coefficient (Wildman–Crippen LogP) is 0.749. The SMILES string of the molecule is Nc1c(F)ccc(S(=O)(=O)NCc2ccn[nH]2)c1F. The molecule has 0 saturated heterocycles. The lowest BCUT2D eigenvalue weighted by Crippen LogP contribution is -2.24. The number of nitrogens with two attached hydrogens (primary N) is 1. The fourth-order valence-corrected chi connectivity index (χ4v) is 2.48. The van der Waals surface area contributed by atoms with Gasteiger partial charge in [0.15, 0.2) is 5.82 Å². The van der Waals surface area contributed by atoms with Gasteiger partial charge in [0.2, 0.25) is 10.0 Å². The summed E-state index contributed by atoms with van der Waals surface area (Å²) < 4.78 is 52.4. The fraction of sp³-hybridized carbons (Fsp3) is 0.100. The molecule has 1 heterocycles. The van der Waals surface area contributed by atoms with Crippen molar-refractivity contribution in [3.63, 3.8) is 0 Å². The van der Waals surface area contributed by atoms with Crippen LogP contribution in [0.3, 0.4) is 0 Å². The van der Waals surface area contributed by atoms with Crippen LogP contribution in [-0.2, 0) is 16.6 Å². The molecule has 2 rings (SSSR count). The summed E-state index contributed by atoms with van der Waals surface area (Å²) in [6.45, 7) is -0.0982. The molecule has 0 atom stereocenters. The third-order valence-corrected chi connectivity index (χ3v) is 3.81. The number of nitrogens with one attached hydrogen (secondary N) is 2. The highest BCUT2D eigenvalue weighted by Gasteiger charge is 2.22. The van der Waals surface area contributed by atoms with Crippen molar-refractivity contribution in [2.24, 2.45) is 0 Å². The molecule has 0 radical (unpaired) electrons. The number of sulfonamides is 1. The van der Waals surface area contributed by atoms with Gasteiger partial charge in [-0.2, -0.15) is 5.10 Å². The standard InChI is InChI=1S/C10H10F2N4O2S/c11-7-1-2-8(9(12)10(7)13)19(17,18)15-5-6-3-4-14-16-6/h1-4,15H,5,13H2,(H,14,16). The first-order valence-electron chi connectivity index (χ1n) is 5.13. The Hall–Kier alpha value is -2.00. The van der Waals surface area contributed by atoms with E-state index in [4.69, 9.17) is 5.73 Å². The number of hydrogen-bond donors (Lipinski definition) is 3. The lowest BCUT2D eigenvalue weighted by Gasteiger charge is -2.08. The molecule has 0 amide bonds. The zero-order chi connectivity index (χ0) is 14.0. The maximum Gasteiger partial charge on any atom is 0.243 e. The average Bonchev–Trinajstić information content (AvgIpc) is 2.86. The van der Waals surface area contributed by atoms with Crippen molar-refractivity contribution < 1.29 is 17.2 Å². The van der Waals surface area contributed by atoms with Crippen molar-refractivity contribution in [2.45, 2.75) is 11.4 Å². The highest BCUT2D eigenvalue weighted by atomic mass is 32.2. The molecule has 0 unspecified atom stereocenters. The zero-order valence-electron chi connectivity index (χ0n) is 9.52. The van der Waals surface area contributed by atoms with E-state index >= 15 is 0 Å². The maximum atomic E-state index is 13.6. The van der Waals surface area contributed by atoms with Gasteiger partial charge in [0.05, 0.1) is 12.2 Å². The molecule has 0 aliphatic heterocycles. The number of nitrogens with zero attached hydrogens (tertiary/aromatic N) is 1. The third kappa shape index (κ3) is 2.71. The maximum absolute atomic E-state index is 13.6. The van der Waals surface area contributed by atoms with Crippen molar-refractivity contribution in [3.05, 3.63) is 41.7 Å². The van der Waals surface area contributed by atoms with Crippen LogP contribution in [0.15, 0.2) is 29.3 Å². The summed E-state index contributed by atoms with van der Waals surface area (Å²) in [7, 11) is -4.13. The number of rotatable bonds is 4. The van der Waals surface area contributed by atoms with Gasteiger partial charge in [0.25, 0.3) is 0 Å². The normalized spacial score (nSPS) is 11.7. The summed E-state index contributed by atoms with van der Waals surface area (Å²) in [5, 5.41) is 6.18. The van der Waals surface area contributed by atoms with Crippen LogP contribution in [0.4, 0.5) is 14.5 Å². The minimum absolute atomic E-state index is 0.0982. The minimum Gasteiger partial charge on any atom is -0.394 e. The molecule has 4 N–H and O–H groups in total. The Bertz CT molecular complexity index is 686. The summed E-state index contributed by atoms with van der Waals surface area (Å²) in [5.41, 5.74) is 4.78. The molecule has 0 aliphatic carbocycles. The number of hydrogen-bond acceptors (Lipinski definition) is 4. The molecule has 0 fully saturated rings. The molecule has 1 aromatic heterocycles. The second-order valence-electron chi connectivity index (χ2n) is 3.68. The fourth-order valence-electron chi connectivity index (χ4n) is 1.39. The van der Waals surface area contributed by atoms with Crippen LogP contribution in [0, 0.1) is 11.6 Å². The van der Waals surface area contributed by atoms with E-state index in [2.05, 4.69) is 14.9 Å². The largest absolute Gasteiger partial charge is 0.394 e. The molecule has 19 heavy (non-hydrogen) atoms. The number of H-pyrrole nitrogens is 1. The Kier molecular flexibility index (Phi) is 3.49. The lowest BCUT2D eigenvalue weighted by atomic mass is 10.3. The Morgan fingerprint density at radius 3 is 2.68 bits per heavy atom. The van der Waals surface area contributed by atoms with Gasteiger partial charge in [-0.05, 0) is 18.2 Å². The van der Waals surface area contributed by atoms with Crippen molar-refractivity contribution in [2.75, 3.05) is 5.73 Å². The number of halogens is 2. The Morgan fingerprint density at radius 2 is 2.05 bits per heavy atom. The molecule has 6 nitrogen and oxygen atoms in total. The molecule has 9 heteroatoms. The van der Waals surface area contributed by atoms with E-state index in [1.807, 2.05) is 0 Å². The van der Waals surface area contributed by atoms with Crippen LogP contribution in [0.2, 0.25) is 0 Å². The van der Waals surface area contributed by atoms with Crippen molar-refractivity contribution >= 4 is 15.7 Å². The van der Waals surface area contributed by atoms with Gasteiger partial charge in [0, 0.05) is 6.20 Å². The molecule has 0 spiro atoms. The molecule has 0 saturated carbocycles. The second-order valence-corrected chi connectivity index (χ2v) is 5.41. The molecule has 0 aliphatic rings. The van der Waals surface area contributed by atoms with Gasteiger partial charge in [0.1, 0.15) is 16.4 Å². The van der Waals surface area contributed by atoms with Crippen LogP contribution in [-0.4, -0.2) is 18.6 Å². The molecular formula is C10H10F2N4O2S. The van der Waals surface area contributed by atoms with E-state index in [-0.39, 0.29) is 6.54 Å². The van der Waals surface area contributed by atoms with Crippen molar-refractivity contribution in [1.82, 2.24) is 14.9 Å². The first kappa shape index (κ1) is 13.4. The van der Waals surface area contributed by atoms with Crippen LogP contribution >= 0.6 is 0 Å². The van der Waals surface area contributed by atoms with Gasteiger partial charge >= 0.3 is 0 Å². The van der Waals surface area contributed by atoms with E-state index < -0.39 is 32.2 Å². The van der Waals surface area contributed by atoms with Gasteiger partial charge in [-0.25, -0.2) is 21.9 Å². The van der Waals surface area contributed by atoms with Gasteiger partial charge in [-0.1, -0.05) is 0 Å². The predicted molar refractivity (Wildman–Crippen MR) is 63.4 cm³/mol. The highest BCUT2D eigenvalue weighted by Crippen LogP contribution is 2.22. The van der Waals surface area contributed by atoms with Gasteiger partial charge in [-0.15, -0.1) is 0 Å². The first-order chi connectivity index (χ1) is 8.92. The van der Waals surface area contributed by atoms with Gasteiger partial charge in [-0.3, -0.25) is 5.10 Å². The number of aromatic amines is 1. The average molecular weight is 288 g/mol. The molecule has 102 valence electrons. The Labute approximate surface area is 107 Å². The summed E-state index contributed by atoms with van der Waals surface area (Å²) >= 11 is 0. The molecule has 0 bridgehead atoms. The zero-order valence-corrected chi connectivity index (χ0v) is 10.3. The number of anilines is 1. The van der Waals surface area contributed by atoms with E-state index in [9.17, 15) is 17.2 Å². The van der Waals surface area contributed by atoms with Crippen LogP contribution in [0.1, 0.15) is 5.69 Å². The Balaban J connectivity index is 2.27. The quantitative estimate of drug-likeness (QED) is 0.722. The van der Waals surface area contributed by atoms with E-state index in [0.29, 0.717) is 5.69 Å². The summed E-state index contributed by atoms with van der Waals surface area (Å²) in [4.78, 5) is -0.703. The smallest absolute Gasteiger partial charge is 0.243 e. The topological polar surface area (TPSA) is 101 Å². The summed E-state index contributed by atoms with van der Waals surface area (Å²) in [6, 6.07) is 3.16. The van der Waals surface area contributed by atoms with Gasteiger partial charge < -0.3 is 5.73 Å². The summed E-state index contributed by atoms with van der Waals surface area (Å²) in [6.07, 6.45) is 1.44. The third-order valence-electron chi connectivity index (χ3n) is 2.39. The minimum atomic E-state index is -4.13. The summed E-state index contributed by atoms with van der Waals surface area (Å²) in [5.74, 6) is -2.32.